The summed E-state index contributed by atoms with van der Waals surface area (Å²) in [6.45, 7) is 0.799. The molecule has 2 amide bonds. The molecule has 1 spiro atoms. The van der Waals surface area contributed by atoms with Crippen molar-refractivity contribution in [2.45, 2.75) is 24.8 Å². The average Bonchev–Trinajstić information content (AvgIpc) is 2.81. The van der Waals surface area contributed by atoms with Gasteiger partial charge in [0.1, 0.15) is 0 Å². The zero-order chi connectivity index (χ0) is 16.6. The van der Waals surface area contributed by atoms with E-state index in [1.54, 1.807) is 29.0 Å². The van der Waals surface area contributed by atoms with Crippen molar-refractivity contribution in [3.8, 4) is 0 Å². The van der Waals surface area contributed by atoms with Gasteiger partial charge in [-0.1, -0.05) is 0 Å². The Labute approximate surface area is 133 Å². The zero-order valence-corrected chi connectivity index (χ0v) is 12.8. The van der Waals surface area contributed by atoms with Gasteiger partial charge in [0.05, 0.1) is 11.5 Å². The molecule has 2 saturated heterocycles. The monoisotopic (exact) mass is 318 g/mol. The molecule has 0 aromatic carbocycles. The summed E-state index contributed by atoms with van der Waals surface area (Å²) >= 11 is 0. The number of amides is 2. The van der Waals surface area contributed by atoms with Crippen molar-refractivity contribution in [1.82, 2.24) is 20.0 Å². The number of aliphatic carboxylic acids is 1. The number of rotatable bonds is 2. The number of carboxylic acids is 1. The third-order valence-corrected chi connectivity index (χ3v) is 5.08. The van der Waals surface area contributed by atoms with E-state index in [4.69, 9.17) is 0 Å². The van der Waals surface area contributed by atoms with E-state index in [1.807, 2.05) is 0 Å². The summed E-state index contributed by atoms with van der Waals surface area (Å²) in [6.07, 6.45) is 2.44. The second-order valence-corrected chi connectivity index (χ2v) is 6.05. The maximum Gasteiger partial charge on any atom is 0.309 e. The van der Waals surface area contributed by atoms with Gasteiger partial charge in [-0.2, -0.15) is 5.10 Å². The number of hydrogen-bond acceptors (Lipinski definition) is 5. The largest absolute Gasteiger partial charge is 0.481 e. The number of carbonyl (C=O) groups excluding carboxylic acids is 2. The first-order chi connectivity index (χ1) is 11.0. The van der Waals surface area contributed by atoms with Gasteiger partial charge in [0.25, 0.3) is 5.91 Å². The number of aromatic nitrogens is 2. The topological polar surface area (TPSA) is 104 Å². The van der Waals surface area contributed by atoms with E-state index in [0.717, 1.165) is 0 Å². The second kappa shape index (κ2) is 5.60. The first kappa shape index (κ1) is 15.4. The van der Waals surface area contributed by atoms with Gasteiger partial charge in [0.15, 0.2) is 5.69 Å². The number of nitrogens with zero attached hydrogens (tertiary/aromatic N) is 4. The number of carboxylic acid groups (broad SMARTS) is 1. The van der Waals surface area contributed by atoms with Crippen LogP contribution >= 0.6 is 0 Å². The molecular weight excluding hydrogens is 300 g/mol. The predicted molar refractivity (Wildman–Crippen MR) is 78.4 cm³/mol. The highest BCUT2D eigenvalue weighted by atomic mass is 16.4. The Morgan fingerprint density at radius 1 is 1.35 bits per heavy atom. The van der Waals surface area contributed by atoms with Gasteiger partial charge in [0.2, 0.25) is 5.91 Å². The molecule has 8 nitrogen and oxygen atoms in total. The molecule has 23 heavy (non-hydrogen) atoms. The summed E-state index contributed by atoms with van der Waals surface area (Å²) in [5.41, 5.74) is -0.420. The summed E-state index contributed by atoms with van der Waals surface area (Å²) in [5, 5.41) is 17.0. The van der Waals surface area contributed by atoms with Gasteiger partial charge >= 0.3 is 5.97 Å². The lowest BCUT2D eigenvalue weighted by atomic mass is 9.77. The molecule has 0 saturated carbocycles. The van der Waals surface area contributed by atoms with E-state index < -0.39 is 17.4 Å². The van der Waals surface area contributed by atoms with E-state index in [2.05, 4.69) is 10.2 Å². The van der Waals surface area contributed by atoms with Crippen molar-refractivity contribution in [3.63, 3.8) is 0 Å². The van der Waals surface area contributed by atoms with Gasteiger partial charge in [-0.05, 0) is 25.0 Å². The molecule has 0 aliphatic carbocycles. The zero-order valence-electron chi connectivity index (χ0n) is 12.8. The Bertz CT molecular complexity index is 640. The Balaban J connectivity index is 1.76. The third-order valence-electron chi connectivity index (χ3n) is 5.08. The molecule has 122 valence electrons. The van der Waals surface area contributed by atoms with Crippen molar-refractivity contribution in [1.29, 1.82) is 0 Å². The van der Waals surface area contributed by atoms with Gasteiger partial charge in [-0.25, -0.2) is 0 Å². The predicted octanol–water partition coefficient (Wildman–Crippen LogP) is 0.0143. The maximum atomic E-state index is 12.4. The molecule has 2 aliphatic rings. The lowest BCUT2D eigenvalue weighted by Crippen LogP contribution is -2.57. The van der Waals surface area contributed by atoms with Crippen LogP contribution < -0.4 is 0 Å². The Hall–Kier alpha value is -2.51. The molecule has 1 aromatic heterocycles. The lowest BCUT2D eigenvalue weighted by Gasteiger charge is -2.45. The molecular formula is C15H18N4O4. The Morgan fingerprint density at radius 3 is 2.61 bits per heavy atom. The summed E-state index contributed by atoms with van der Waals surface area (Å²) in [6, 6.07) is 3.25. The summed E-state index contributed by atoms with van der Waals surface area (Å²) < 4.78 is 0. The minimum Gasteiger partial charge on any atom is -0.481 e. The van der Waals surface area contributed by atoms with Crippen LogP contribution in [0.4, 0.5) is 0 Å². The average molecular weight is 318 g/mol. The fraction of sp³-hybridized carbons (Fsp3) is 0.533. The molecule has 8 heteroatoms. The van der Waals surface area contributed by atoms with Crippen molar-refractivity contribution < 1.29 is 19.5 Å². The van der Waals surface area contributed by atoms with Crippen LogP contribution in [0.15, 0.2) is 18.3 Å². The summed E-state index contributed by atoms with van der Waals surface area (Å²) in [5.74, 6) is -2.02. The second-order valence-electron chi connectivity index (χ2n) is 6.05. The quantitative estimate of drug-likeness (QED) is 0.824. The number of likely N-dealkylation sites (tertiary alicyclic amines) is 2. The fourth-order valence-electron chi connectivity index (χ4n) is 3.66. The van der Waals surface area contributed by atoms with Crippen LogP contribution in [0.3, 0.4) is 0 Å². The van der Waals surface area contributed by atoms with Crippen LogP contribution in [-0.4, -0.2) is 68.6 Å². The lowest BCUT2D eigenvalue weighted by molar-refractivity contribution is -0.145. The van der Waals surface area contributed by atoms with Crippen LogP contribution in [0, 0.1) is 5.92 Å². The smallest absolute Gasteiger partial charge is 0.309 e. The minimum atomic E-state index is -0.948. The van der Waals surface area contributed by atoms with Crippen LogP contribution in [-0.2, 0) is 9.59 Å². The van der Waals surface area contributed by atoms with Crippen LogP contribution in [0.5, 0.6) is 0 Å². The van der Waals surface area contributed by atoms with E-state index in [0.29, 0.717) is 25.9 Å². The van der Waals surface area contributed by atoms with Crippen molar-refractivity contribution >= 4 is 17.8 Å². The van der Waals surface area contributed by atoms with Crippen LogP contribution in [0.2, 0.25) is 0 Å². The standard InChI is InChI=1S/C15H18N4O4/c1-18-12(20)9-10(14(22)23)15(18)4-7-19(8-5-15)13(21)11-3-2-6-16-17-11/h2-3,6,10H,4-5,7-9H2,1H3,(H,22,23)/t10-/m1/s1. The molecule has 2 aliphatic heterocycles. The maximum absolute atomic E-state index is 12.4. The van der Waals surface area contributed by atoms with Gasteiger partial charge in [-0.3, -0.25) is 14.4 Å². The van der Waals surface area contributed by atoms with Crippen molar-refractivity contribution in [2.75, 3.05) is 20.1 Å². The Morgan fingerprint density at radius 2 is 2.04 bits per heavy atom. The normalized spacial score (nSPS) is 23.3. The molecule has 0 bridgehead atoms. The molecule has 1 atom stereocenters. The molecule has 3 heterocycles. The minimum absolute atomic E-state index is 0.0317. The van der Waals surface area contributed by atoms with Gasteiger partial charge < -0.3 is 14.9 Å². The molecule has 2 fully saturated rings. The highest BCUT2D eigenvalue weighted by Gasteiger charge is 2.55. The van der Waals surface area contributed by atoms with E-state index in [1.165, 1.54) is 6.20 Å². The van der Waals surface area contributed by atoms with Gasteiger partial charge in [-0.15, -0.1) is 5.10 Å². The number of hydrogen-bond donors (Lipinski definition) is 1. The Kier molecular flexibility index (Phi) is 3.75. The fourth-order valence-corrected chi connectivity index (χ4v) is 3.66. The molecule has 3 rings (SSSR count). The SMILES string of the molecule is CN1C(=O)C[C@H](C(=O)O)C12CCN(C(=O)c1cccnn1)CC2. The molecule has 1 aromatic rings. The van der Waals surface area contributed by atoms with Gasteiger partial charge in [0, 0.05) is 32.8 Å². The highest BCUT2D eigenvalue weighted by molar-refractivity contribution is 5.92. The number of piperidine rings is 1. The van der Waals surface area contributed by atoms with E-state index in [-0.39, 0.29) is 23.9 Å². The first-order valence-corrected chi connectivity index (χ1v) is 7.52. The summed E-state index contributed by atoms with van der Waals surface area (Å²) in [4.78, 5) is 39.1. The van der Waals surface area contributed by atoms with Crippen molar-refractivity contribution in [3.05, 3.63) is 24.0 Å². The molecule has 1 N–H and O–H groups in total. The summed E-state index contributed by atoms with van der Waals surface area (Å²) in [7, 11) is 1.66. The van der Waals surface area contributed by atoms with Crippen LogP contribution in [0.1, 0.15) is 29.8 Å². The number of carbonyl (C=O) groups is 3. The van der Waals surface area contributed by atoms with E-state index in [9.17, 15) is 19.5 Å². The van der Waals surface area contributed by atoms with Crippen molar-refractivity contribution in [2.24, 2.45) is 5.92 Å². The molecule has 0 radical (unpaired) electrons. The highest BCUT2D eigenvalue weighted by Crippen LogP contribution is 2.42. The van der Waals surface area contributed by atoms with Crippen LogP contribution in [0.25, 0.3) is 0 Å². The first-order valence-electron chi connectivity index (χ1n) is 7.52. The van der Waals surface area contributed by atoms with E-state index >= 15 is 0 Å². The third kappa shape index (κ3) is 2.43. The molecule has 0 unspecified atom stereocenters.